The average molecular weight is 941 g/mol. The minimum atomic E-state index is -0.528. The van der Waals surface area contributed by atoms with Crippen molar-refractivity contribution in [3.63, 3.8) is 0 Å². The van der Waals surface area contributed by atoms with Crippen LogP contribution in [0.1, 0.15) is 0 Å². The molecule has 42 heavy (non-hydrogen) atoms. The number of hydrogen-bond donors (Lipinski definition) is 0. The minimum Gasteiger partial charge on any atom is -0.870 e. The van der Waals surface area contributed by atoms with E-state index >= 15 is 0 Å². The second kappa shape index (κ2) is 484. The van der Waals surface area contributed by atoms with E-state index in [-0.39, 0.29) is 496 Å². The Morgan fingerprint density at radius 1 is 0.286 bits per heavy atom. The third-order valence-corrected chi connectivity index (χ3v) is 0.866. The fraction of sp³-hybridized carbons (Fsp3) is 0. The molecule has 0 bridgehead atoms. The van der Waals surface area contributed by atoms with Gasteiger partial charge in [0, 0.05) is 52.1 Å². The van der Waals surface area contributed by atoms with Crippen molar-refractivity contribution < 1.29 is 155 Å². The van der Waals surface area contributed by atoms with Crippen molar-refractivity contribution in [3.05, 3.63) is 0 Å². The van der Waals surface area contributed by atoms with Gasteiger partial charge in [-0.2, -0.15) is 0 Å². The maximum Gasteiger partial charge on any atom is 2.00 e. The maximum absolute atomic E-state index is 9.48. The monoisotopic (exact) mass is 940 g/mol. The van der Waals surface area contributed by atoms with Crippen LogP contribution in [0.15, 0.2) is 0 Å². The standard InChI is InChI=1S/CH2O3.4Al.8Ca.26H2O/c2-1(3)4;;;;;;;;;;;;;;;;;;;;;;;;;;;;;;;;;;;;;;/h(H2,2,3,4);;;;;;;;;;;;;26*1H2/q;;;;9*+2;;;;;;;;;;;;;;;;;;;;;;;;;;/p-18. The van der Waals surface area contributed by atoms with Gasteiger partial charge in [-0.05, 0) is 0 Å². The Morgan fingerprint density at radius 2 is 0.333 bits per heavy atom. The van der Waals surface area contributed by atoms with Gasteiger partial charge in [-0.25, -0.2) is 4.79 Å². The van der Waals surface area contributed by atoms with E-state index in [0.717, 1.165) is 0 Å². The quantitative estimate of drug-likeness (QED) is 0.203. The number of carbonyl (C=O) groups excluding carboxylic acids is 1. The van der Waals surface area contributed by atoms with Crippen LogP contribution >= 0.6 is 0 Å². The van der Waals surface area contributed by atoms with Crippen molar-refractivity contribution in [2.75, 3.05) is 0 Å². The van der Waals surface area contributed by atoms with Gasteiger partial charge in [-0.15, -0.1) is 0 Å². The average Bonchev–Trinajstić information content (AvgIpc) is 1.30. The number of carbonyl (C=O) groups is 1. The third kappa shape index (κ3) is 456. The van der Waals surface area contributed by atoms with Gasteiger partial charge < -0.3 is 150 Å². The van der Waals surface area contributed by atoms with Crippen LogP contribution in [-0.4, -0.2) is 518 Å². The molecular formula is CH36Al4Ca8O29. The van der Waals surface area contributed by atoms with Crippen LogP contribution in [-0.2, 0) is 7.58 Å². The molecule has 0 unspecified atom stereocenters. The molecule has 242 valence electrons. The minimum absolute atomic E-state index is 0. The molecule has 0 aromatic carbocycles. The van der Waals surface area contributed by atoms with E-state index in [2.05, 4.69) is 7.58 Å². The molecule has 41 heteroatoms. The first kappa shape index (κ1) is 582. The van der Waals surface area contributed by atoms with Crippen molar-refractivity contribution in [3.8, 4) is 0 Å². The molecule has 0 saturated carbocycles. The van der Waals surface area contributed by atoms with Gasteiger partial charge in [-0.3, -0.25) is 0 Å². The first-order valence-corrected chi connectivity index (χ1v) is 2.03. The zero-order valence-corrected chi connectivity index (χ0v) is 44.1. The van der Waals surface area contributed by atoms with Crippen molar-refractivity contribution in [2.45, 2.75) is 0 Å². The SMILES string of the molecule is O.O.O.O.O.O.O.O.O.O.O=C1[O][Al][O]1.[Al].[Al].[Al].[Ca+2].[Ca+2].[Ca+2].[Ca+2].[Ca+2].[Ca+2].[Ca+2].[Ca+2].[OH-].[OH-].[OH-].[OH-].[OH-].[OH-].[OH-].[OH-].[OH-].[OH-].[OH-].[OH-].[OH-].[OH-].[OH-].[OH-]. The summed E-state index contributed by atoms with van der Waals surface area (Å²) in [5.74, 6) is 0. The molecule has 1 fully saturated rings. The smallest absolute Gasteiger partial charge is 0.870 e. The van der Waals surface area contributed by atoms with Crippen LogP contribution in [0.3, 0.4) is 0 Å². The summed E-state index contributed by atoms with van der Waals surface area (Å²) in [6, 6.07) is 0. The zero-order valence-electron chi connectivity index (χ0n) is 21.8. The van der Waals surface area contributed by atoms with E-state index in [1.54, 1.807) is 0 Å². The Bertz CT molecular complexity index is 101. The first-order chi connectivity index (χ1) is 2.39. The third-order valence-electron chi connectivity index (χ3n) is 0.289. The van der Waals surface area contributed by atoms with Crippen molar-refractivity contribution in [2.24, 2.45) is 0 Å². The van der Waals surface area contributed by atoms with E-state index in [4.69, 9.17) is 0 Å². The van der Waals surface area contributed by atoms with E-state index in [1.165, 1.54) is 0 Å². The molecule has 1 aliphatic heterocycles. The topological polar surface area (TPSA) is 831 Å². The Balaban J connectivity index is -0.000000000193. The normalized spacial score (nSPS) is 2.05. The van der Waals surface area contributed by atoms with Gasteiger partial charge >= 0.3 is 324 Å². The molecule has 0 amide bonds. The Kier molecular flexibility index (Phi) is 6710. The second-order valence-electron chi connectivity index (χ2n) is 0.582. The Hall–Kier alpha value is 10.4. The predicted molar refractivity (Wildman–Crippen MR) is 144 cm³/mol. The Morgan fingerprint density at radius 3 is 0.333 bits per heavy atom. The zero-order chi connectivity index (χ0) is 3.70. The molecule has 36 N–H and O–H groups in total. The fourth-order valence-electron chi connectivity index (χ4n) is 0.0874. The molecule has 0 aromatic heterocycles. The van der Waals surface area contributed by atoms with Gasteiger partial charge in [0.15, 0.2) is 0 Å². The molecular weight excluding hydrogens is 905 g/mol. The van der Waals surface area contributed by atoms with Crippen LogP contribution in [0.2, 0.25) is 0 Å². The summed E-state index contributed by atoms with van der Waals surface area (Å²) >= 11 is -0.420. The molecule has 1 heterocycles. The first-order valence-electron chi connectivity index (χ1n) is 1.08. The molecule has 0 atom stereocenters. The molecule has 1 rings (SSSR count). The van der Waals surface area contributed by atoms with Crippen LogP contribution < -0.4 is 0 Å². The van der Waals surface area contributed by atoms with Gasteiger partial charge in [0.05, 0.1) is 0 Å². The predicted octanol–water partition coefficient (Wildman–Crippen LogP) is -15.6. The van der Waals surface area contributed by atoms with Gasteiger partial charge in [-0.1, -0.05) is 0 Å². The van der Waals surface area contributed by atoms with E-state index in [0.29, 0.717) is 0 Å². The molecule has 0 spiro atoms. The fourth-order valence-corrected chi connectivity index (χ4v) is 0.262. The number of hydrogen-bond acceptors (Lipinski definition) is 19. The summed E-state index contributed by atoms with van der Waals surface area (Å²) in [4.78, 5) is 9.48. The van der Waals surface area contributed by atoms with Gasteiger partial charge in [0.25, 0.3) is 0 Å². The summed E-state index contributed by atoms with van der Waals surface area (Å²) in [5.41, 5.74) is 0. The van der Waals surface area contributed by atoms with Crippen LogP contribution in [0.25, 0.3) is 0 Å². The van der Waals surface area contributed by atoms with Crippen molar-refractivity contribution >= 4 is 376 Å². The van der Waals surface area contributed by atoms with Crippen molar-refractivity contribution in [1.29, 1.82) is 0 Å². The van der Waals surface area contributed by atoms with Crippen molar-refractivity contribution in [1.82, 2.24) is 0 Å². The largest absolute Gasteiger partial charge is 2.00 e. The van der Waals surface area contributed by atoms with Gasteiger partial charge in [0.2, 0.25) is 0 Å². The molecule has 0 aromatic rings. The van der Waals surface area contributed by atoms with Crippen LogP contribution in [0.5, 0.6) is 0 Å². The molecule has 1 aliphatic rings. The van der Waals surface area contributed by atoms with Gasteiger partial charge in [0.1, 0.15) is 0 Å². The molecule has 0 aliphatic carbocycles. The molecule has 29 nitrogen and oxygen atoms in total. The van der Waals surface area contributed by atoms with Crippen LogP contribution in [0, 0.1) is 0 Å². The summed E-state index contributed by atoms with van der Waals surface area (Å²) in [6.07, 6.45) is -0.528. The van der Waals surface area contributed by atoms with E-state index in [9.17, 15) is 4.79 Å². The summed E-state index contributed by atoms with van der Waals surface area (Å²) in [7, 11) is 0. The molecule has 10 radical (unpaired) electrons. The number of rotatable bonds is 0. The summed E-state index contributed by atoms with van der Waals surface area (Å²) in [5, 5.41) is 0. The second-order valence-corrected chi connectivity index (χ2v) is 1.25. The Labute approximate surface area is 517 Å². The van der Waals surface area contributed by atoms with Crippen LogP contribution in [0.4, 0.5) is 4.79 Å². The summed E-state index contributed by atoms with van der Waals surface area (Å²) in [6.45, 7) is 0. The summed E-state index contributed by atoms with van der Waals surface area (Å²) < 4.78 is 8.31. The maximum atomic E-state index is 9.48. The molecule has 1 saturated heterocycles. The van der Waals surface area contributed by atoms with E-state index in [1.807, 2.05) is 0 Å². The van der Waals surface area contributed by atoms with E-state index < -0.39 is 22.0 Å².